The Kier molecular flexibility index (Phi) is 7.71. The van der Waals surface area contributed by atoms with Gasteiger partial charge < -0.3 is 20.3 Å². The quantitative estimate of drug-likeness (QED) is 0.602. The van der Waals surface area contributed by atoms with Crippen LogP contribution in [0.2, 0.25) is 0 Å². The minimum absolute atomic E-state index is 0.0877. The predicted molar refractivity (Wildman–Crippen MR) is 107 cm³/mol. The molecule has 0 bridgehead atoms. The number of carbonyl (C=O) groups excluding carboxylic acids is 3. The standard InChI is InChI=1S/C21H25N3O4/c1-4-24(13-16-5-7-17(8-6-16)21(27)28-3)14-20(26)23-19-11-9-18(10-12-19)22-15(2)25/h5-12H,4,13-14H2,1-3H3,(H,22,25)(H,23,26)/p+1. The van der Waals surface area contributed by atoms with Crippen molar-refractivity contribution in [2.45, 2.75) is 20.4 Å². The average Bonchev–Trinajstić information content (AvgIpc) is 2.68. The molecule has 2 aromatic rings. The Morgan fingerprint density at radius 2 is 1.50 bits per heavy atom. The second-order valence-electron chi connectivity index (χ2n) is 6.45. The summed E-state index contributed by atoms with van der Waals surface area (Å²) in [6.45, 7) is 5.25. The largest absolute Gasteiger partial charge is 0.465 e. The van der Waals surface area contributed by atoms with Crippen molar-refractivity contribution in [1.82, 2.24) is 0 Å². The SMILES string of the molecule is CC[NH+](CC(=O)Nc1ccc(NC(C)=O)cc1)Cc1ccc(C(=O)OC)cc1. The molecule has 0 aliphatic rings. The predicted octanol–water partition coefficient (Wildman–Crippen LogP) is 1.48. The summed E-state index contributed by atoms with van der Waals surface area (Å²) in [5, 5.41) is 5.55. The molecule has 0 fully saturated rings. The highest BCUT2D eigenvalue weighted by Crippen LogP contribution is 2.13. The normalized spacial score (nSPS) is 11.4. The first-order chi connectivity index (χ1) is 13.4. The molecule has 2 amide bonds. The monoisotopic (exact) mass is 384 g/mol. The third-order valence-corrected chi connectivity index (χ3v) is 4.23. The van der Waals surface area contributed by atoms with Gasteiger partial charge in [-0.05, 0) is 43.3 Å². The molecule has 1 atom stereocenters. The Balaban J connectivity index is 1.90. The van der Waals surface area contributed by atoms with E-state index in [0.29, 0.717) is 30.0 Å². The summed E-state index contributed by atoms with van der Waals surface area (Å²) in [4.78, 5) is 36.0. The van der Waals surface area contributed by atoms with Gasteiger partial charge in [0.15, 0.2) is 6.54 Å². The van der Waals surface area contributed by atoms with Crippen molar-refractivity contribution in [1.29, 1.82) is 0 Å². The Bertz CT molecular complexity index is 817. The zero-order valence-electron chi connectivity index (χ0n) is 16.4. The number of benzene rings is 2. The smallest absolute Gasteiger partial charge is 0.337 e. The minimum Gasteiger partial charge on any atom is -0.465 e. The summed E-state index contributed by atoms with van der Waals surface area (Å²) in [7, 11) is 1.35. The van der Waals surface area contributed by atoms with Crippen molar-refractivity contribution < 1.29 is 24.0 Å². The zero-order chi connectivity index (χ0) is 20.5. The maximum Gasteiger partial charge on any atom is 0.337 e. The third kappa shape index (κ3) is 6.51. The molecule has 3 N–H and O–H groups in total. The fraction of sp³-hybridized carbons (Fsp3) is 0.286. The van der Waals surface area contributed by atoms with E-state index in [1.807, 2.05) is 19.1 Å². The molecule has 148 valence electrons. The van der Waals surface area contributed by atoms with Crippen LogP contribution in [-0.4, -0.2) is 38.0 Å². The number of rotatable bonds is 8. The molecule has 0 saturated heterocycles. The number of likely N-dealkylation sites (N-methyl/N-ethyl adjacent to an activating group) is 1. The summed E-state index contributed by atoms with van der Waals surface area (Å²) in [5.41, 5.74) is 2.90. The highest BCUT2D eigenvalue weighted by atomic mass is 16.5. The molecule has 0 radical (unpaired) electrons. The van der Waals surface area contributed by atoms with Crippen LogP contribution in [-0.2, 0) is 20.9 Å². The van der Waals surface area contributed by atoms with Crippen LogP contribution in [0.1, 0.15) is 29.8 Å². The van der Waals surface area contributed by atoms with E-state index < -0.39 is 0 Å². The van der Waals surface area contributed by atoms with Gasteiger partial charge in [-0.15, -0.1) is 0 Å². The molecular formula is C21H26N3O4+. The molecule has 0 saturated carbocycles. The van der Waals surface area contributed by atoms with E-state index in [-0.39, 0.29) is 17.8 Å². The van der Waals surface area contributed by atoms with Gasteiger partial charge in [-0.1, -0.05) is 12.1 Å². The van der Waals surface area contributed by atoms with Crippen LogP contribution in [0.25, 0.3) is 0 Å². The fourth-order valence-corrected chi connectivity index (χ4v) is 2.75. The van der Waals surface area contributed by atoms with Crippen molar-refractivity contribution in [3.63, 3.8) is 0 Å². The Labute approximate surface area is 164 Å². The van der Waals surface area contributed by atoms with Crippen LogP contribution in [0.5, 0.6) is 0 Å². The highest BCUT2D eigenvalue weighted by molar-refractivity contribution is 5.92. The van der Waals surface area contributed by atoms with Gasteiger partial charge in [-0.2, -0.15) is 0 Å². The number of hydrogen-bond acceptors (Lipinski definition) is 4. The lowest BCUT2D eigenvalue weighted by Gasteiger charge is -2.17. The van der Waals surface area contributed by atoms with Gasteiger partial charge in [-0.25, -0.2) is 4.79 Å². The lowest BCUT2D eigenvalue weighted by atomic mass is 10.1. The van der Waals surface area contributed by atoms with Crippen molar-refractivity contribution in [2.75, 3.05) is 30.8 Å². The van der Waals surface area contributed by atoms with E-state index in [1.54, 1.807) is 36.4 Å². The first-order valence-corrected chi connectivity index (χ1v) is 9.09. The molecule has 0 aromatic heterocycles. The van der Waals surface area contributed by atoms with E-state index in [0.717, 1.165) is 17.0 Å². The molecule has 0 aliphatic heterocycles. The Morgan fingerprint density at radius 3 is 2.00 bits per heavy atom. The van der Waals surface area contributed by atoms with Crippen LogP contribution in [0.4, 0.5) is 11.4 Å². The third-order valence-electron chi connectivity index (χ3n) is 4.23. The van der Waals surface area contributed by atoms with Crippen LogP contribution >= 0.6 is 0 Å². The van der Waals surface area contributed by atoms with E-state index in [2.05, 4.69) is 10.6 Å². The first-order valence-electron chi connectivity index (χ1n) is 9.09. The number of esters is 1. The lowest BCUT2D eigenvalue weighted by Crippen LogP contribution is -3.11. The average molecular weight is 384 g/mol. The Morgan fingerprint density at radius 1 is 0.929 bits per heavy atom. The van der Waals surface area contributed by atoms with Crippen LogP contribution < -0.4 is 15.5 Å². The van der Waals surface area contributed by atoms with Gasteiger partial charge >= 0.3 is 5.97 Å². The maximum absolute atomic E-state index is 12.4. The number of hydrogen-bond donors (Lipinski definition) is 3. The minimum atomic E-state index is -0.366. The van der Waals surface area contributed by atoms with Crippen LogP contribution in [0, 0.1) is 0 Å². The maximum atomic E-state index is 12.4. The van der Waals surface area contributed by atoms with E-state index >= 15 is 0 Å². The topological polar surface area (TPSA) is 88.9 Å². The first kappa shape index (κ1) is 21.1. The molecule has 7 heteroatoms. The number of amides is 2. The van der Waals surface area contributed by atoms with Gasteiger partial charge in [0.25, 0.3) is 5.91 Å². The summed E-state index contributed by atoms with van der Waals surface area (Å²) in [5.74, 6) is -0.593. The second kappa shape index (κ2) is 10.2. The molecule has 2 aromatic carbocycles. The van der Waals surface area contributed by atoms with Crippen LogP contribution in [0.15, 0.2) is 48.5 Å². The van der Waals surface area contributed by atoms with Gasteiger partial charge in [0.1, 0.15) is 6.54 Å². The highest BCUT2D eigenvalue weighted by Gasteiger charge is 2.14. The van der Waals surface area contributed by atoms with E-state index in [1.165, 1.54) is 14.0 Å². The van der Waals surface area contributed by atoms with Gasteiger partial charge in [0.05, 0.1) is 19.2 Å². The summed E-state index contributed by atoms with van der Waals surface area (Å²) >= 11 is 0. The molecule has 0 heterocycles. The number of nitrogens with one attached hydrogen (secondary N) is 3. The molecule has 1 unspecified atom stereocenters. The van der Waals surface area contributed by atoms with Gasteiger partial charge in [0.2, 0.25) is 5.91 Å². The van der Waals surface area contributed by atoms with Crippen molar-refractivity contribution in [2.24, 2.45) is 0 Å². The molecule has 2 rings (SSSR count). The Hall–Kier alpha value is -3.19. The molecule has 7 nitrogen and oxygen atoms in total. The molecule has 28 heavy (non-hydrogen) atoms. The zero-order valence-corrected chi connectivity index (χ0v) is 16.4. The van der Waals surface area contributed by atoms with E-state index in [4.69, 9.17) is 4.74 Å². The van der Waals surface area contributed by atoms with Crippen LogP contribution in [0.3, 0.4) is 0 Å². The molecule has 0 spiro atoms. The van der Waals surface area contributed by atoms with Crippen molar-refractivity contribution >= 4 is 29.2 Å². The fourth-order valence-electron chi connectivity index (χ4n) is 2.75. The summed E-state index contributed by atoms with van der Waals surface area (Å²) < 4.78 is 4.70. The number of quaternary nitrogens is 1. The van der Waals surface area contributed by atoms with E-state index in [9.17, 15) is 14.4 Å². The summed E-state index contributed by atoms with van der Waals surface area (Å²) in [6.07, 6.45) is 0. The lowest BCUT2D eigenvalue weighted by molar-refractivity contribution is -0.903. The molecular weight excluding hydrogens is 358 g/mol. The number of methoxy groups -OCH3 is 1. The van der Waals surface area contributed by atoms with Crippen molar-refractivity contribution in [3.8, 4) is 0 Å². The van der Waals surface area contributed by atoms with Gasteiger partial charge in [0, 0.05) is 23.9 Å². The summed E-state index contributed by atoms with van der Waals surface area (Å²) in [6, 6.07) is 14.2. The van der Waals surface area contributed by atoms with Gasteiger partial charge in [-0.3, -0.25) is 9.59 Å². The molecule has 0 aliphatic carbocycles. The number of anilines is 2. The number of carbonyl (C=O) groups is 3. The number of ether oxygens (including phenoxy) is 1. The second-order valence-corrected chi connectivity index (χ2v) is 6.45. The van der Waals surface area contributed by atoms with Crippen molar-refractivity contribution in [3.05, 3.63) is 59.7 Å².